The topological polar surface area (TPSA) is 87.9 Å². The zero-order valence-electron chi connectivity index (χ0n) is 24.9. The van der Waals surface area contributed by atoms with Crippen molar-refractivity contribution >= 4 is 11.8 Å². The summed E-state index contributed by atoms with van der Waals surface area (Å²) in [5, 5.41) is 4.14. The van der Waals surface area contributed by atoms with Gasteiger partial charge in [0.15, 0.2) is 17.1 Å². The quantitative estimate of drug-likeness (QED) is 0.256. The zero-order chi connectivity index (χ0) is 28.2. The molecule has 1 aromatic rings. The van der Waals surface area contributed by atoms with Crippen molar-refractivity contribution in [3.05, 3.63) is 29.2 Å². The highest BCUT2D eigenvalue weighted by molar-refractivity contribution is 5.95. The second kappa shape index (κ2) is 8.51. The van der Waals surface area contributed by atoms with Gasteiger partial charge in [-0.2, -0.15) is 0 Å². The zero-order valence-corrected chi connectivity index (χ0v) is 24.9. The van der Waals surface area contributed by atoms with Gasteiger partial charge >= 0.3 is 5.97 Å². The molecule has 0 aromatic carbocycles. The summed E-state index contributed by atoms with van der Waals surface area (Å²) in [6, 6.07) is 0. The number of esters is 1. The van der Waals surface area contributed by atoms with Crippen LogP contribution in [-0.2, 0) is 36.1 Å². The lowest BCUT2D eigenvalue weighted by molar-refractivity contribution is -0.375. The Bertz CT molecular complexity index is 1230. The molecule has 5 aliphatic rings. The van der Waals surface area contributed by atoms with Crippen LogP contribution in [0.15, 0.2) is 22.4 Å². The Morgan fingerprint density at radius 2 is 1.77 bits per heavy atom. The van der Waals surface area contributed by atoms with Crippen molar-refractivity contribution in [3.63, 3.8) is 0 Å². The number of carbonyl (C=O) groups is 2. The van der Waals surface area contributed by atoms with Gasteiger partial charge in [0.1, 0.15) is 0 Å². The molecule has 9 atom stereocenters. The van der Waals surface area contributed by atoms with Gasteiger partial charge in [-0.25, -0.2) is 9.78 Å². The van der Waals surface area contributed by atoms with Crippen molar-refractivity contribution < 1.29 is 28.6 Å². The predicted molar refractivity (Wildman–Crippen MR) is 144 cm³/mol. The normalized spacial score (nSPS) is 46.1. The summed E-state index contributed by atoms with van der Waals surface area (Å²) >= 11 is 0. The van der Waals surface area contributed by atoms with Crippen LogP contribution in [0.2, 0.25) is 0 Å². The third-order valence-corrected chi connectivity index (χ3v) is 12.6. The van der Waals surface area contributed by atoms with E-state index < -0.39 is 5.60 Å². The third-order valence-electron chi connectivity index (χ3n) is 12.6. The van der Waals surface area contributed by atoms with Gasteiger partial charge in [0, 0.05) is 17.4 Å². The molecule has 7 nitrogen and oxygen atoms in total. The Balaban J connectivity index is 1.47. The number of hydrogen-bond acceptors (Lipinski definition) is 7. The van der Waals surface area contributed by atoms with E-state index in [2.05, 4.69) is 39.8 Å². The van der Waals surface area contributed by atoms with Crippen molar-refractivity contribution in [2.75, 3.05) is 14.2 Å². The van der Waals surface area contributed by atoms with Crippen molar-refractivity contribution in [1.82, 2.24) is 5.16 Å². The monoisotopic (exact) mass is 539 g/mol. The summed E-state index contributed by atoms with van der Waals surface area (Å²) in [7, 11) is 3.04. The average molecular weight is 540 g/mol. The van der Waals surface area contributed by atoms with E-state index in [1.807, 2.05) is 13.0 Å². The molecule has 39 heavy (non-hydrogen) atoms. The van der Waals surface area contributed by atoms with Gasteiger partial charge in [0.25, 0.3) is 0 Å². The maximum absolute atomic E-state index is 14.5. The van der Waals surface area contributed by atoms with E-state index in [0.29, 0.717) is 0 Å². The first-order valence-electron chi connectivity index (χ1n) is 14.8. The number of fused-ring (bicyclic) bond motifs is 8. The molecule has 0 N–H and O–H groups in total. The molecule has 0 spiro atoms. The fraction of sp³-hybridized carbons (Fsp3) is 0.781. The molecule has 3 fully saturated rings. The Morgan fingerprint density at radius 1 is 1.03 bits per heavy atom. The third kappa shape index (κ3) is 3.44. The Kier molecular flexibility index (Phi) is 5.93. The summed E-state index contributed by atoms with van der Waals surface area (Å²) in [6.45, 7) is 13.7. The first-order valence-corrected chi connectivity index (χ1v) is 14.8. The molecule has 0 saturated heterocycles. The lowest BCUT2D eigenvalue weighted by atomic mass is 9.35. The molecule has 1 heterocycles. The Hall–Kier alpha value is -1.99. The van der Waals surface area contributed by atoms with Crippen molar-refractivity contribution in [2.24, 2.45) is 51.2 Å². The predicted octanol–water partition coefficient (Wildman–Crippen LogP) is 6.21. The summed E-state index contributed by atoms with van der Waals surface area (Å²) in [4.78, 5) is 38.7. The number of ether oxygens (including phenoxy) is 1. The number of methoxy groups -OCH3 is 1. The van der Waals surface area contributed by atoms with E-state index >= 15 is 0 Å². The number of hydrogen-bond donors (Lipinski definition) is 0. The number of rotatable bonds is 3. The second-order valence-corrected chi connectivity index (χ2v) is 15.0. The summed E-state index contributed by atoms with van der Waals surface area (Å²) < 4.78 is 11.0. The van der Waals surface area contributed by atoms with Crippen molar-refractivity contribution in [1.29, 1.82) is 0 Å². The average Bonchev–Trinajstić information content (AvgIpc) is 3.33. The van der Waals surface area contributed by atoms with Crippen LogP contribution < -0.4 is 0 Å². The molecule has 6 rings (SSSR count). The van der Waals surface area contributed by atoms with Gasteiger partial charge in [-0.15, -0.1) is 0 Å². The molecule has 0 bridgehead atoms. The summed E-state index contributed by atoms with van der Waals surface area (Å²) in [5.74, 6) is 1.11. The van der Waals surface area contributed by atoms with Crippen LogP contribution in [0.1, 0.15) is 91.4 Å². The van der Waals surface area contributed by atoms with E-state index in [-0.39, 0.29) is 63.0 Å². The Labute approximate surface area is 232 Å². The van der Waals surface area contributed by atoms with Crippen LogP contribution in [0.4, 0.5) is 0 Å². The van der Waals surface area contributed by atoms with Gasteiger partial charge < -0.3 is 9.26 Å². The molecular formula is C32H45NO6. The Morgan fingerprint density at radius 3 is 2.46 bits per heavy atom. The fourth-order valence-electron chi connectivity index (χ4n) is 10.9. The first-order chi connectivity index (χ1) is 18.3. The molecule has 5 aliphatic carbocycles. The molecule has 214 valence electrons. The lowest BCUT2D eigenvalue weighted by Gasteiger charge is -2.68. The number of nitrogens with zero attached hydrogens (tertiary/aromatic N) is 1. The minimum absolute atomic E-state index is 0.0134. The second-order valence-electron chi connectivity index (χ2n) is 15.0. The maximum Gasteiger partial charge on any atom is 0.308 e. The number of allylic oxidation sites excluding steroid dienone is 2. The molecule has 7 heteroatoms. The molecule has 0 radical (unpaired) electrons. The number of carbonyl (C=O) groups excluding carboxylic acids is 2. The molecule has 1 unspecified atom stereocenters. The lowest BCUT2D eigenvalue weighted by Crippen LogP contribution is -2.64. The van der Waals surface area contributed by atoms with Gasteiger partial charge in [-0.05, 0) is 91.4 Å². The van der Waals surface area contributed by atoms with E-state index in [1.165, 1.54) is 12.7 Å². The van der Waals surface area contributed by atoms with Crippen molar-refractivity contribution in [3.8, 4) is 0 Å². The molecule has 1 aromatic heterocycles. The van der Waals surface area contributed by atoms with Gasteiger partial charge in [0.2, 0.25) is 0 Å². The highest BCUT2D eigenvalue weighted by atomic mass is 17.2. The first kappa shape index (κ1) is 27.2. The van der Waals surface area contributed by atoms with Gasteiger partial charge in [-0.3, -0.25) is 9.59 Å². The molecule has 0 aliphatic heterocycles. The van der Waals surface area contributed by atoms with E-state index in [1.54, 1.807) is 13.3 Å². The van der Waals surface area contributed by atoms with Crippen LogP contribution in [-0.4, -0.2) is 31.1 Å². The smallest absolute Gasteiger partial charge is 0.308 e. The van der Waals surface area contributed by atoms with Crippen LogP contribution >= 0.6 is 0 Å². The van der Waals surface area contributed by atoms with Crippen LogP contribution in [0.5, 0.6) is 0 Å². The minimum atomic E-state index is -0.796. The minimum Gasteiger partial charge on any atom is -0.469 e. The van der Waals surface area contributed by atoms with Crippen LogP contribution in [0.3, 0.4) is 0 Å². The number of ketones is 1. The highest BCUT2D eigenvalue weighted by Gasteiger charge is 2.70. The highest BCUT2D eigenvalue weighted by Crippen LogP contribution is 2.73. The fourth-order valence-corrected chi connectivity index (χ4v) is 10.9. The standard InChI is InChI=1S/C32H45NO6/c1-28(2)15-20-19(21(16-28)27(35)36-7)9-11-31(5)25(20)22(34)13-24-29(3)14-18-17-33-38-26(18)32(6,39-37-8)23(29)10-12-30(24,31)4/h13,17,19-21,23,25H,9-12,14-16H2,1-8H3/t19?,20-,21-,23-,25+,29+,30-,31-,32-/m1/s1. The largest absolute Gasteiger partial charge is 0.469 e. The van der Waals surface area contributed by atoms with Crippen LogP contribution in [0.25, 0.3) is 0 Å². The summed E-state index contributed by atoms with van der Waals surface area (Å²) in [5.41, 5.74) is 0.829. The molecule has 3 saturated carbocycles. The molecule has 0 amide bonds. The molecular weight excluding hydrogens is 494 g/mol. The SMILES string of the molecule is COO[C@@]1(C)c2oncc2C[C@]2(C)C3=CC(=O)[C@@H]4[C@@H]5CC(C)(C)C[C@@H](C(=O)OC)C5CC[C@@]4(C)[C@]3(C)CC[C@@H]12. The number of aromatic nitrogens is 1. The van der Waals surface area contributed by atoms with Gasteiger partial charge in [0.05, 0.1) is 26.3 Å². The summed E-state index contributed by atoms with van der Waals surface area (Å²) in [6.07, 6.45) is 10.2. The maximum atomic E-state index is 14.5. The van der Waals surface area contributed by atoms with E-state index in [9.17, 15) is 9.59 Å². The van der Waals surface area contributed by atoms with Gasteiger partial charge in [-0.1, -0.05) is 45.3 Å². The van der Waals surface area contributed by atoms with E-state index in [0.717, 1.165) is 56.3 Å². The van der Waals surface area contributed by atoms with Crippen molar-refractivity contribution in [2.45, 2.75) is 92.1 Å². The van der Waals surface area contributed by atoms with E-state index in [4.69, 9.17) is 19.0 Å². The van der Waals surface area contributed by atoms with Crippen LogP contribution in [0, 0.1) is 51.2 Å².